The molecule has 0 heteroatoms. The first-order chi connectivity index (χ1) is 23.1. The second-order valence-corrected chi connectivity index (χ2v) is 13.7. The standard InChI is InChI=1S/C47H32/c1-47(2)43-21-10-9-19-39(43)45-42(37-20-11-15-29-12-3-6-16-34(29)37)27-32-22-23-33(28-40(32)46(45)47)44-36-18-8-5-14-31(36)26-41-35-17-7-4-13-30(35)24-25-38(41)44/h3-28H,1-2H3. The number of hydrogen-bond donors (Lipinski definition) is 0. The van der Waals surface area contributed by atoms with Crippen molar-refractivity contribution in [1.29, 1.82) is 0 Å². The van der Waals surface area contributed by atoms with E-state index in [-0.39, 0.29) is 5.41 Å². The lowest BCUT2D eigenvalue weighted by Crippen LogP contribution is -2.15. The monoisotopic (exact) mass is 596 g/mol. The number of rotatable bonds is 2. The van der Waals surface area contributed by atoms with E-state index >= 15 is 0 Å². The molecule has 0 aliphatic heterocycles. The molecule has 0 spiro atoms. The molecule has 0 atom stereocenters. The van der Waals surface area contributed by atoms with E-state index < -0.39 is 0 Å². The molecule has 1 aliphatic carbocycles. The minimum atomic E-state index is -0.152. The third kappa shape index (κ3) is 3.70. The maximum atomic E-state index is 2.49. The van der Waals surface area contributed by atoms with Gasteiger partial charge >= 0.3 is 0 Å². The third-order valence-electron chi connectivity index (χ3n) is 10.8. The predicted molar refractivity (Wildman–Crippen MR) is 202 cm³/mol. The zero-order valence-corrected chi connectivity index (χ0v) is 26.5. The van der Waals surface area contributed by atoms with Gasteiger partial charge < -0.3 is 0 Å². The van der Waals surface area contributed by atoms with Crippen LogP contribution in [0.25, 0.3) is 87.2 Å². The zero-order valence-electron chi connectivity index (χ0n) is 26.5. The Morgan fingerprint density at radius 1 is 0.340 bits per heavy atom. The van der Waals surface area contributed by atoms with Crippen molar-refractivity contribution >= 4 is 53.9 Å². The lowest BCUT2D eigenvalue weighted by Gasteiger charge is -2.25. The molecule has 10 rings (SSSR count). The summed E-state index contributed by atoms with van der Waals surface area (Å²) in [6.07, 6.45) is 0. The highest BCUT2D eigenvalue weighted by molar-refractivity contribution is 6.21. The molecule has 47 heavy (non-hydrogen) atoms. The highest BCUT2D eigenvalue weighted by atomic mass is 14.4. The summed E-state index contributed by atoms with van der Waals surface area (Å²) in [5.74, 6) is 0. The van der Waals surface area contributed by atoms with E-state index in [4.69, 9.17) is 0 Å². The second-order valence-electron chi connectivity index (χ2n) is 13.7. The number of fused-ring (bicyclic) bond motifs is 10. The second kappa shape index (κ2) is 9.64. The molecule has 9 aromatic rings. The molecule has 0 bridgehead atoms. The van der Waals surface area contributed by atoms with Crippen molar-refractivity contribution in [2.24, 2.45) is 0 Å². The minimum Gasteiger partial charge on any atom is -0.0619 e. The molecule has 0 fully saturated rings. The molecule has 220 valence electrons. The molecule has 9 aromatic carbocycles. The zero-order chi connectivity index (χ0) is 31.3. The van der Waals surface area contributed by atoms with Crippen molar-refractivity contribution in [3.63, 3.8) is 0 Å². The molecule has 0 N–H and O–H groups in total. The first kappa shape index (κ1) is 26.5. The van der Waals surface area contributed by atoms with E-state index in [1.54, 1.807) is 0 Å². The van der Waals surface area contributed by atoms with Crippen LogP contribution >= 0.6 is 0 Å². The summed E-state index contributed by atoms with van der Waals surface area (Å²) in [5.41, 5.74) is 10.6. The van der Waals surface area contributed by atoms with Crippen LogP contribution < -0.4 is 0 Å². The van der Waals surface area contributed by atoms with Crippen LogP contribution in [-0.2, 0) is 5.41 Å². The minimum absolute atomic E-state index is 0.152. The summed E-state index contributed by atoms with van der Waals surface area (Å²) >= 11 is 0. The van der Waals surface area contributed by atoms with E-state index in [2.05, 4.69) is 172 Å². The lowest BCUT2D eigenvalue weighted by atomic mass is 9.78. The van der Waals surface area contributed by atoms with Gasteiger partial charge in [0, 0.05) is 5.41 Å². The van der Waals surface area contributed by atoms with E-state index in [9.17, 15) is 0 Å². The Bertz CT molecular complexity index is 2750. The van der Waals surface area contributed by atoms with E-state index in [0.29, 0.717) is 0 Å². The van der Waals surface area contributed by atoms with Gasteiger partial charge in [-0.25, -0.2) is 0 Å². The van der Waals surface area contributed by atoms with Gasteiger partial charge in [0.1, 0.15) is 0 Å². The van der Waals surface area contributed by atoms with Gasteiger partial charge in [-0.05, 0) is 117 Å². The van der Waals surface area contributed by atoms with Crippen molar-refractivity contribution in [2.75, 3.05) is 0 Å². The molecule has 0 aromatic heterocycles. The Balaban J connectivity index is 1.33. The third-order valence-corrected chi connectivity index (χ3v) is 10.8. The van der Waals surface area contributed by atoms with Gasteiger partial charge in [0.05, 0.1) is 0 Å². The highest BCUT2D eigenvalue weighted by Gasteiger charge is 2.38. The Labute approximate surface area is 274 Å². The lowest BCUT2D eigenvalue weighted by molar-refractivity contribution is 0.666. The predicted octanol–water partition coefficient (Wildman–Crippen LogP) is 13.1. The topological polar surface area (TPSA) is 0 Å². The fourth-order valence-electron chi connectivity index (χ4n) is 8.66. The van der Waals surface area contributed by atoms with E-state index in [0.717, 1.165) is 0 Å². The molecule has 1 aliphatic rings. The van der Waals surface area contributed by atoms with Crippen LogP contribution in [0.2, 0.25) is 0 Å². The van der Waals surface area contributed by atoms with Crippen molar-refractivity contribution < 1.29 is 0 Å². The molecule has 0 unspecified atom stereocenters. The van der Waals surface area contributed by atoms with Gasteiger partial charge in [-0.15, -0.1) is 0 Å². The summed E-state index contributed by atoms with van der Waals surface area (Å²) in [7, 11) is 0. The summed E-state index contributed by atoms with van der Waals surface area (Å²) < 4.78 is 0. The van der Waals surface area contributed by atoms with Crippen LogP contribution in [0.5, 0.6) is 0 Å². The van der Waals surface area contributed by atoms with Crippen molar-refractivity contribution in [3.8, 4) is 33.4 Å². The molecular formula is C47H32. The van der Waals surface area contributed by atoms with Crippen LogP contribution in [0.3, 0.4) is 0 Å². The highest BCUT2D eigenvalue weighted by Crippen LogP contribution is 2.56. The summed E-state index contributed by atoms with van der Waals surface area (Å²) in [5, 5.41) is 12.9. The fraction of sp³-hybridized carbons (Fsp3) is 0.0638. The summed E-state index contributed by atoms with van der Waals surface area (Å²) in [6, 6.07) is 58.9. The largest absolute Gasteiger partial charge is 0.0619 e. The number of benzene rings is 9. The SMILES string of the molecule is CC1(C)c2ccccc2-c2c(-c3cccc4ccccc34)cc3ccc(-c4c5ccccc5cc5c4ccc4ccccc45)cc3c21. The Morgan fingerprint density at radius 2 is 0.957 bits per heavy atom. The van der Waals surface area contributed by atoms with Crippen LogP contribution in [-0.4, -0.2) is 0 Å². The van der Waals surface area contributed by atoms with Crippen LogP contribution in [0.4, 0.5) is 0 Å². The molecular weight excluding hydrogens is 565 g/mol. The van der Waals surface area contributed by atoms with Gasteiger partial charge in [-0.3, -0.25) is 0 Å². The molecule has 0 heterocycles. The average Bonchev–Trinajstić information content (AvgIpc) is 3.37. The molecule has 0 amide bonds. The summed E-state index contributed by atoms with van der Waals surface area (Å²) in [6.45, 7) is 4.83. The molecule has 0 saturated carbocycles. The van der Waals surface area contributed by atoms with Crippen molar-refractivity contribution in [1.82, 2.24) is 0 Å². The van der Waals surface area contributed by atoms with Crippen molar-refractivity contribution in [3.05, 3.63) is 169 Å². The van der Waals surface area contributed by atoms with Crippen LogP contribution in [0, 0.1) is 0 Å². The van der Waals surface area contributed by atoms with Gasteiger partial charge in [0.25, 0.3) is 0 Å². The first-order valence-electron chi connectivity index (χ1n) is 16.6. The Morgan fingerprint density at radius 3 is 1.81 bits per heavy atom. The van der Waals surface area contributed by atoms with Gasteiger partial charge in [0.2, 0.25) is 0 Å². The van der Waals surface area contributed by atoms with Crippen LogP contribution in [0.1, 0.15) is 25.0 Å². The van der Waals surface area contributed by atoms with E-state index in [1.807, 2.05) is 0 Å². The molecule has 0 nitrogen and oxygen atoms in total. The normalized spacial score (nSPS) is 13.5. The maximum absolute atomic E-state index is 2.49. The molecule has 0 saturated heterocycles. The van der Waals surface area contributed by atoms with E-state index in [1.165, 1.54) is 98.4 Å². The van der Waals surface area contributed by atoms with Gasteiger partial charge in [-0.1, -0.05) is 153 Å². The number of hydrogen-bond acceptors (Lipinski definition) is 0. The smallest absolute Gasteiger partial charge is 0.0165 e. The maximum Gasteiger partial charge on any atom is 0.0165 e. The summed E-state index contributed by atoms with van der Waals surface area (Å²) in [4.78, 5) is 0. The Hall–Kier alpha value is -5.72. The van der Waals surface area contributed by atoms with Gasteiger partial charge in [0.15, 0.2) is 0 Å². The Kier molecular flexibility index (Phi) is 5.44. The quantitative estimate of drug-likeness (QED) is 0.138. The molecule has 0 radical (unpaired) electrons. The van der Waals surface area contributed by atoms with Crippen LogP contribution in [0.15, 0.2) is 158 Å². The average molecular weight is 597 g/mol. The van der Waals surface area contributed by atoms with Gasteiger partial charge in [-0.2, -0.15) is 0 Å². The fourth-order valence-corrected chi connectivity index (χ4v) is 8.66. The van der Waals surface area contributed by atoms with Crippen molar-refractivity contribution in [2.45, 2.75) is 19.3 Å². The first-order valence-corrected chi connectivity index (χ1v) is 16.6.